The van der Waals surface area contributed by atoms with Crippen molar-refractivity contribution in [1.29, 1.82) is 0 Å². The first kappa shape index (κ1) is 37.9. The zero-order valence-electron chi connectivity index (χ0n) is 27.2. The van der Waals surface area contributed by atoms with Gasteiger partial charge in [-0.05, 0) is 98.7 Å². The first-order valence-corrected chi connectivity index (χ1v) is 17.9. The van der Waals surface area contributed by atoms with Gasteiger partial charge in [-0.15, -0.1) is 0 Å². The summed E-state index contributed by atoms with van der Waals surface area (Å²) in [5.41, 5.74) is 0. The SMILES string of the molecule is C1CCC2C3NC(NC4NC(NC5NC(NC6NC(N3)C3CCCCC63)C3CCCCC53)C3CCCCC43)C2C1.[Cu].[NH2-].[NH2-].[NH2-].[NH2-]. The Labute approximate surface area is 283 Å². The summed E-state index contributed by atoms with van der Waals surface area (Å²) >= 11 is 0. The monoisotopic (exact) mass is 679 g/mol. The van der Waals surface area contributed by atoms with Crippen molar-refractivity contribution in [2.24, 2.45) is 47.3 Å². The summed E-state index contributed by atoms with van der Waals surface area (Å²) in [5.74, 6) is 5.97. The predicted octanol–water partition coefficient (Wildman–Crippen LogP) is 5.47. The second-order valence-electron chi connectivity index (χ2n) is 15.6. The van der Waals surface area contributed by atoms with Gasteiger partial charge in [-0.2, -0.15) is 0 Å². The van der Waals surface area contributed by atoms with Gasteiger partial charge in [0.2, 0.25) is 0 Å². The number of nitrogens with one attached hydrogen (secondary N) is 8. The van der Waals surface area contributed by atoms with Crippen molar-refractivity contribution >= 4 is 0 Å². The van der Waals surface area contributed by atoms with Crippen LogP contribution in [0.3, 0.4) is 0 Å². The molecule has 5 aliphatic heterocycles. The largest absolute Gasteiger partial charge is 0.693 e. The van der Waals surface area contributed by atoms with Crippen molar-refractivity contribution in [3.05, 3.63) is 24.6 Å². The first-order chi connectivity index (χ1) is 19.8. The summed E-state index contributed by atoms with van der Waals surface area (Å²) in [4.78, 5) is 0. The molecular weight excluding hydrogens is 616 g/mol. The van der Waals surface area contributed by atoms with Crippen LogP contribution in [-0.2, 0) is 17.1 Å². The van der Waals surface area contributed by atoms with Crippen molar-refractivity contribution in [2.75, 3.05) is 0 Å². The van der Waals surface area contributed by atoms with E-state index in [0.29, 0.717) is 49.3 Å². The molecule has 0 aromatic heterocycles. The van der Waals surface area contributed by atoms with Crippen LogP contribution < -0.4 is 42.5 Å². The standard InChI is InChI=1S/C32H56N8.Cu.4H2N/c1-2-10-18-17(9-1)25-33-26(18)38-28-21-13-5-6-14-22(21)30(35-28)40-32-24-16-8-7-15-23(24)31(36-32)39-29-20-12-4-3-11-19(20)27(34-29)37-25;;;;;/h17-40H,1-16H2;;4*1H2/q;;4*-1. The fraction of sp³-hybridized carbons (Fsp3) is 1.00. The molecule has 1 radical (unpaired) electrons. The molecule has 4 aliphatic carbocycles. The number of rotatable bonds is 0. The first-order valence-electron chi connectivity index (χ1n) is 17.9. The molecule has 9 fully saturated rings. The molecule has 0 spiro atoms. The minimum atomic E-state index is 0. The Morgan fingerprint density at radius 3 is 0.444 bits per heavy atom. The fourth-order valence-electron chi connectivity index (χ4n) is 12.0. The van der Waals surface area contributed by atoms with Crippen molar-refractivity contribution < 1.29 is 17.1 Å². The van der Waals surface area contributed by atoms with Crippen LogP contribution in [0.25, 0.3) is 24.6 Å². The summed E-state index contributed by atoms with van der Waals surface area (Å²) in [6.45, 7) is 0. The van der Waals surface area contributed by atoms with Crippen LogP contribution in [0.1, 0.15) is 103 Å². The molecule has 5 heterocycles. The van der Waals surface area contributed by atoms with Gasteiger partial charge in [0.05, 0.1) is 49.3 Å². The molecule has 9 rings (SSSR count). The molecular formula is C32H64CuN12-4. The second-order valence-corrected chi connectivity index (χ2v) is 15.6. The average molecular weight is 680 g/mol. The molecule has 13 heteroatoms. The Balaban J connectivity index is 0.000000922. The van der Waals surface area contributed by atoms with Gasteiger partial charge in [0, 0.05) is 17.1 Å². The quantitative estimate of drug-likeness (QED) is 0.153. The van der Waals surface area contributed by atoms with E-state index in [-0.39, 0.29) is 41.7 Å². The third-order valence-corrected chi connectivity index (χ3v) is 13.8. The molecule has 12 nitrogen and oxygen atoms in total. The summed E-state index contributed by atoms with van der Waals surface area (Å²) in [6, 6.07) is 0. The van der Waals surface area contributed by atoms with E-state index in [1.165, 1.54) is 103 Å². The minimum absolute atomic E-state index is 0. The van der Waals surface area contributed by atoms with Gasteiger partial charge < -0.3 is 24.6 Å². The van der Waals surface area contributed by atoms with Crippen molar-refractivity contribution in [2.45, 2.75) is 152 Å². The normalized spacial score (nSPS) is 51.2. The van der Waals surface area contributed by atoms with E-state index >= 15 is 0 Å². The molecule has 0 aromatic rings. The number of hydrogen-bond donors (Lipinski definition) is 8. The molecule has 8 atom stereocenters. The molecule has 8 unspecified atom stereocenters. The Hall–Kier alpha value is 0.0395. The molecule has 9 aliphatic rings. The Kier molecular flexibility index (Phi) is 13.2. The Morgan fingerprint density at radius 1 is 0.222 bits per heavy atom. The van der Waals surface area contributed by atoms with Gasteiger partial charge >= 0.3 is 0 Å². The summed E-state index contributed by atoms with van der Waals surface area (Å²) in [5, 5.41) is 33.8. The molecule has 16 N–H and O–H groups in total. The molecule has 0 amide bonds. The maximum absolute atomic E-state index is 4.26. The maximum atomic E-state index is 4.26. The molecule has 4 saturated carbocycles. The number of nitrogens with two attached hydrogens (primary N) is 4. The van der Waals surface area contributed by atoms with Crippen LogP contribution >= 0.6 is 0 Å². The molecule has 5 saturated heterocycles. The van der Waals surface area contributed by atoms with Crippen molar-refractivity contribution in [3.8, 4) is 0 Å². The maximum Gasteiger partial charge on any atom is 0.0628 e. The molecule has 267 valence electrons. The van der Waals surface area contributed by atoms with Crippen LogP contribution in [-0.4, -0.2) is 49.3 Å². The van der Waals surface area contributed by atoms with E-state index in [9.17, 15) is 0 Å². The third-order valence-electron chi connectivity index (χ3n) is 13.8. The van der Waals surface area contributed by atoms with Gasteiger partial charge in [0.25, 0.3) is 0 Å². The Bertz CT molecular complexity index is 725. The molecule has 0 aromatic carbocycles. The number of fused-ring (bicyclic) bond motifs is 20. The van der Waals surface area contributed by atoms with E-state index in [2.05, 4.69) is 42.5 Å². The zero-order valence-corrected chi connectivity index (χ0v) is 28.1. The van der Waals surface area contributed by atoms with E-state index in [4.69, 9.17) is 0 Å². The smallest absolute Gasteiger partial charge is 0.0628 e. The summed E-state index contributed by atoms with van der Waals surface area (Å²) < 4.78 is 0. The van der Waals surface area contributed by atoms with Gasteiger partial charge in [-0.1, -0.05) is 51.4 Å². The van der Waals surface area contributed by atoms with Crippen LogP contribution in [0.2, 0.25) is 0 Å². The fourth-order valence-corrected chi connectivity index (χ4v) is 12.0. The molecule has 45 heavy (non-hydrogen) atoms. The van der Waals surface area contributed by atoms with Crippen molar-refractivity contribution in [1.82, 2.24) is 42.5 Å². The van der Waals surface area contributed by atoms with Crippen molar-refractivity contribution in [3.63, 3.8) is 0 Å². The molecule has 8 bridgehead atoms. The topological polar surface area (TPSA) is 230 Å². The minimum Gasteiger partial charge on any atom is -0.693 e. The third kappa shape index (κ3) is 6.67. The van der Waals surface area contributed by atoms with Gasteiger partial charge in [-0.3, -0.25) is 42.5 Å². The van der Waals surface area contributed by atoms with Gasteiger partial charge in [-0.25, -0.2) is 0 Å². The van der Waals surface area contributed by atoms with E-state index in [1.54, 1.807) is 0 Å². The van der Waals surface area contributed by atoms with E-state index in [0.717, 1.165) is 47.3 Å². The average Bonchev–Trinajstić information content (AvgIpc) is 3.73. The summed E-state index contributed by atoms with van der Waals surface area (Å²) in [6.07, 6.45) is 25.6. The second kappa shape index (κ2) is 15.7. The van der Waals surface area contributed by atoms with Gasteiger partial charge in [0.15, 0.2) is 0 Å². The van der Waals surface area contributed by atoms with Crippen LogP contribution in [0, 0.1) is 47.3 Å². The van der Waals surface area contributed by atoms with Crippen LogP contribution in [0.4, 0.5) is 0 Å². The van der Waals surface area contributed by atoms with E-state index in [1.807, 2.05) is 0 Å². The van der Waals surface area contributed by atoms with Crippen LogP contribution in [0.15, 0.2) is 0 Å². The summed E-state index contributed by atoms with van der Waals surface area (Å²) in [7, 11) is 0. The predicted molar refractivity (Wildman–Crippen MR) is 178 cm³/mol. The zero-order chi connectivity index (χ0) is 26.2. The number of hydrogen-bond acceptors (Lipinski definition) is 8. The van der Waals surface area contributed by atoms with Crippen LogP contribution in [0.5, 0.6) is 0 Å². The Morgan fingerprint density at radius 2 is 0.333 bits per heavy atom. The van der Waals surface area contributed by atoms with E-state index < -0.39 is 0 Å². The van der Waals surface area contributed by atoms with Gasteiger partial charge in [0.1, 0.15) is 0 Å².